The molecule has 1 rings (SSSR count). The molecule has 16 heavy (non-hydrogen) atoms. The number of halogens is 1. The standard InChI is InChI=1S/C12H17FN2O/c1-8-4-5-10(13)11(6-8)15-9(2)7-12(16)14-3/h4-6,9,15H,7H2,1-3H3,(H,14,16). The molecule has 0 aromatic heterocycles. The minimum absolute atomic E-state index is 0.0620. The van der Waals surface area contributed by atoms with Crippen molar-refractivity contribution in [3.8, 4) is 0 Å². The highest BCUT2D eigenvalue weighted by atomic mass is 19.1. The number of amides is 1. The molecule has 4 heteroatoms. The summed E-state index contributed by atoms with van der Waals surface area (Å²) in [7, 11) is 1.59. The second-order valence-corrected chi connectivity index (χ2v) is 3.91. The largest absolute Gasteiger partial charge is 0.380 e. The highest BCUT2D eigenvalue weighted by molar-refractivity contribution is 5.76. The summed E-state index contributed by atoms with van der Waals surface area (Å²) in [6.07, 6.45) is 0.323. The summed E-state index contributed by atoms with van der Waals surface area (Å²) in [4.78, 5) is 11.1. The van der Waals surface area contributed by atoms with E-state index in [0.29, 0.717) is 12.1 Å². The fourth-order valence-corrected chi connectivity index (χ4v) is 1.45. The van der Waals surface area contributed by atoms with Crippen LogP contribution in [-0.2, 0) is 4.79 Å². The third-order valence-electron chi connectivity index (χ3n) is 2.29. The van der Waals surface area contributed by atoms with Crippen LogP contribution < -0.4 is 10.6 Å². The molecule has 0 aliphatic rings. The lowest BCUT2D eigenvalue weighted by Crippen LogP contribution is -2.27. The molecular weight excluding hydrogens is 207 g/mol. The van der Waals surface area contributed by atoms with Crippen molar-refractivity contribution >= 4 is 11.6 Å². The second kappa shape index (κ2) is 5.49. The van der Waals surface area contributed by atoms with Gasteiger partial charge in [-0.3, -0.25) is 4.79 Å². The van der Waals surface area contributed by atoms with Crippen LogP contribution in [0.25, 0.3) is 0 Å². The Labute approximate surface area is 95.0 Å². The first-order chi connectivity index (χ1) is 7.52. The van der Waals surface area contributed by atoms with E-state index in [2.05, 4.69) is 10.6 Å². The van der Waals surface area contributed by atoms with Gasteiger partial charge in [0.05, 0.1) is 5.69 Å². The van der Waals surface area contributed by atoms with Crippen molar-refractivity contribution in [1.82, 2.24) is 5.32 Å². The molecule has 88 valence electrons. The van der Waals surface area contributed by atoms with E-state index in [1.165, 1.54) is 6.07 Å². The van der Waals surface area contributed by atoms with E-state index in [1.807, 2.05) is 13.8 Å². The van der Waals surface area contributed by atoms with Gasteiger partial charge in [0.1, 0.15) is 5.82 Å². The van der Waals surface area contributed by atoms with Crippen LogP contribution in [0.4, 0.5) is 10.1 Å². The highest BCUT2D eigenvalue weighted by Crippen LogP contribution is 2.17. The predicted molar refractivity (Wildman–Crippen MR) is 62.9 cm³/mol. The summed E-state index contributed by atoms with van der Waals surface area (Å²) >= 11 is 0. The van der Waals surface area contributed by atoms with Gasteiger partial charge in [-0.25, -0.2) is 4.39 Å². The molecule has 0 aliphatic heterocycles. The third-order valence-corrected chi connectivity index (χ3v) is 2.29. The molecule has 1 aromatic rings. The molecule has 1 amide bonds. The zero-order valence-corrected chi connectivity index (χ0v) is 9.80. The van der Waals surface area contributed by atoms with Crippen molar-refractivity contribution in [1.29, 1.82) is 0 Å². The number of carbonyl (C=O) groups is 1. The van der Waals surface area contributed by atoms with Gasteiger partial charge in [-0.15, -0.1) is 0 Å². The van der Waals surface area contributed by atoms with Gasteiger partial charge in [-0.2, -0.15) is 0 Å². The van der Waals surface area contributed by atoms with E-state index in [1.54, 1.807) is 19.2 Å². The Bertz CT molecular complexity index is 379. The Kier molecular flexibility index (Phi) is 4.28. The van der Waals surface area contributed by atoms with Crippen LogP contribution in [0.5, 0.6) is 0 Å². The Morgan fingerprint density at radius 3 is 2.81 bits per heavy atom. The third kappa shape index (κ3) is 3.53. The van der Waals surface area contributed by atoms with Crippen LogP contribution in [-0.4, -0.2) is 19.0 Å². The zero-order valence-electron chi connectivity index (χ0n) is 9.80. The van der Waals surface area contributed by atoms with Crippen LogP contribution >= 0.6 is 0 Å². The minimum atomic E-state index is -0.297. The van der Waals surface area contributed by atoms with Crippen molar-refractivity contribution in [2.75, 3.05) is 12.4 Å². The van der Waals surface area contributed by atoms with E-state index < -0.39 is 0 Å². The molecule has 1 atom stereocenters. The number of hydrogen-bond acceptors (Lipinski definition) is 2. The van der Waals surface area contributed by atoms with Crippen molar-refractivity contribution in [3.63, 3.8) is 0 Å². The smallest absolute Gasteiger partial charge is 0.221 e. The van der Waals surface area contributed by atoms with Gasteiger partial charge < -0.3 is 10.6 Å². The van der Waals surface area contributed by atoms with E-state index in [4.69, 9.17) is 0 Å². The zero-order chi connectivity index (χ0) is 12.1. The maximum atomic E-state index is 13.4. The van der Waals surface area contributed by atoms with Gasteiger partial charge in [0, 0.05) is 19.5 Å². The molecule has 0 saturated heterocycles. The van der Waals surface area contributed by atoms with Crippen molar-refractivity contribution < 1.29 is 9.18 Å². The quantitative estimate of drug-likeness (QED) is 0.822. The first-order valence-electron chi connectivity index (χ1n) is 5.26. The first-order valence-corrected chi connectivity index (χ1v) is 5.26. The van der Waals surface area contributed by atoms with Crippen molar-refractivity contribution in [2.24, 2.45) is 0 Å². The molecule has 3 nitrogen and oxygen atoms in total. The van der Waals surface area contributed by atoms with Gasteiger partial charge in [0.2, 0.25) is 5.91 Å². The fourth-order valence-electron chi connectivity index (χ4n) is 1.45. The summed E-state index contributed by atoms with van der Waals surface area (Å²) in [5.41, 5.74) is 1.42. The number of rotatable bonds is 4. The number of aryl methyl sites for hydroxylation is 1. The molecule has 0 aliphatic carbocycles. The number of hydrogen-bond donors (Lipinski definition) is 2. The van der Waals surface area contributed by atoms with Crippen LogP contribution in [0.15, 0.2) is 18.2 Å². The van der Waals surface area contributed by atoms with E-state index in [-0.39, 0.29) is 17.8 Å². The maximum Gasteiger partial charge on any atom is 0.221 e. The Morgan fingerprint density at radius 1 is 1.50 bits per heavy atom. The molecule has 0 radical (unpaired) electrons. The fraction of sp³-hybridized carbons (Fsp3) is 0.417. The molecule has 2 N–H and O–H groups in total. The minimum Gasteiger partial charge on any atom is -0.380 e. The van der Waals surface area contributed by atoms with Gasteiger partial charge in [0.15, 0.2) is 0 Å². The van der Waals surface area contributed by atoms with Crippen molar-refractivity contribution in [3.05, 3.63) is 29.6 Å². The summed E-state index contributed by atoms with van der Waals surface area (Å²) in [6, 6.07) is 4.76. The topological polar surface area (TPSA) is 41.1 Å². The SMILES string of the molecule is CNC(=O)CC(C)Nc1cc(C)ccc1F. The number of benzene rings is 1. The van der Waals surface area contributed by atoms with E-state index in [9.17, 15) is 9.18 Å². The first kappa shape index (κ1) is 12.5. The van der Waals surface area contributed by atoms with E-state index in [0.717, 1.165) is 5.56 Å². The summed E-state index contributed by atoms with van der Waals surface area (Å²) in [5, 5.41) is 5.52. The average molecular weight is 224 g/mol. The van der Waals surface area contributed by atoms with Gasteiger partial charge in [-0.1, -0.05) is 6.07 Å². The van der Waals surface area contributed by atoms with Crippen LogP contribution in [0.2, 0.25) is 0 Å². The predicted octanol–water partition coefficient (Wildman–Crippen LogP) is 2.07. The summed E-state index contributed by atoms with van der Waals surface area (Å²) < 4.78 is 13.4. The molecular formula is C12H17FN2O. The van der Waals surface area contributed by atoms with Crippen molar-refractivity contribution in [2.45, 2.75) is 26.3 Å². The van der Waals surface area contributed by atoms with Crippen LogP contribution in [0.3, 0.4) is 0 Å². The van der Waals surface area contributed by atoms with E-state index >= 15 is 0 Å². The van der Waals surface area contributed by atoms with Gasteiger partial charge >= 0.3 is 0 Å². The normalized spacial score (nSPS) is 12.0. The Morgan fingerprint density at radius 2 is 2.19 bits per heavy atom. The lowest BCUT2D eigenvalue weighted by molar-refractivity contribution is -0.120. The van der Waals surface area contributed by atoms with Gasteiger partial charge in [0.25, 0.3) is 0 Å². The monoisotopic (exact) mass is 224 g/mol. The maximum absolute atomic E-state index is 13.4. The average Bonchev–Trinajstić information content (AvgIpc) is 2.23. The number of carbonyl (C=O) groups excluding carboxylic acids is 1. The molecule has 0 spiro atoms. The Hall–Kier alpha value is -1.58. The highest BCUT2D eigenvalue weighted by Gasteiger charge is 2.09. The molecule has 0 heterocycles. The second-order valence-electron chi connectivity index (χ2n) is 3.91. The molecule has 0 bridgehead atoms. The van der Waals surface area contributed by atoms with Crippen LogP contribution in [0.1, 0.15) is 18.9 Å². The Balaban J connectivity index is 2.65. The molecule has 1 unspecified atom stereocenters. The molecule has 1 aromatic carbocycles. The molecule has 0 fully saturated rings. The number of anilines is 1. The summed E-state index contributed by atoms with van der Waals surface area (Å²) in [6.45, 7) is 3.74. The lowest BCUT2D eigenvalue weighted by atomic mass is 10.1. The lowest BCUT2D eigenvalue weighted by Gasteiger charge is -2.15. The van der Waals surface area contributed by atoms with Crippen LogP contribution in [0, 0.1) is 12.7 Å². The molecule has 0 saturated carbocycles. The van der Waals surface area contributed by atoms with Gasteiger partial charge in [-0.05, 0) is 31.5 Å². The number of nitrogens with one attached hydrogen (secondary N) is 2. The summed E-state index contributed by atoms with van der Waals surface area (Å²) in [5.74, 6) is -0.359.